The van der Waals surface area contributed by atoms with Gasteiger partial charge in [-0.2, -0.15) is 15.4 Å². The standard InChI is InChI=1S/C7H7N3.CH4/c1-5-2-3-6-7(4-5)9-10-8-6;/h2-4H,1H3,(H,8,9,10);1H4. The molecule has 0 saturated carbocycles. The molecular formula is C8H11N3. The minimum absolute atomic E-state index is 0. The minimum atomic E-state index is 0. The van der Waals surface area contributed by atoms with E-state index in [4.69, 9.17) is 0 Å². The van der Waals surface area contributed by atoms with Gasteiger partial charge in [0.15, 0.2) is 0 Å². The number of fused-ring (bicyclic) bond motifs is 1. The second kappa shape index (κ2) is 2.70. The topological polar surface area (TPSA) is 41.6 Å². The first-order valence-electron chi connectivity index (χ1n) is 3.13. The van der Waals surface area contributed by atoms with Crippen molar-refractivity contribution < 1.29 is 0 Å². The van der Waals surface area contributed by atoms with E-state index in [2.05, 4.69) is 15.4 Å². The summed E-state index contributed by atoms with van der Waals surface area (Å²) in [5.74, 6) is 0. The average molecular weight is 149 g/mol. The fraction of sp³-hybridized carbons (Fsp3) is 0.250. The summed E-state index contributed by atoms with van der Waals surface area (Å²) in [6, 6.07) is 5.97. The first kappa shape index (κ1) is 7.72. The Balaban J connectivity index is 0.000000605. The van der Waals surface area contributed by atoms with Gasteiger partial charge in [-0.25, -0.2) is 0 Å². The van der Waals surface area contributed by atoms with E-state index in [1.54, 1.807) is 0 Å². The third-order valence-electron chi connectivity index (χ3n) is 1.47. The second-order valence-electron chi connectivity index (χ2n) is 2.32. The van der Waals surface area contributed by atoms with Crippen molar-refractivity contribution in [2.75, 3.05) is 0 Å². The number of benzene rings is 1. The summed E-state index contributed by atoms with van der Waals surface area (Å²) in [5, 5.41) is 10.4. The number of H-pyrrole nitrogens is 1. The lowest BCUT2D eigenvalue weighted by Gasteiger charge is -1.87. The summed E-state index contributed by atoms with van der Waals surface area (Å²) >= 11 is 0. The molecule has 3 heteroatoms. The molecule has 0 aliphatic heterocycles. The van der Waals surface area contributed by atoms with Gasteiger partial charge in [0.25, 0.3) is 0 Å². The number of aromatic nitrogens is 3. The molecule has 0 aliphatic carbocycles. The van der Waals surface area contributed by atoms with Crippen molar-refractivity contribution in [3.63, 3.8) is 0 Å². The predicted octanol–water partition coefficient (Wildman–Crippen LogP) is 1.90. The Kier molecular flexibility index (Phi) is 1.89. The number of rotatable bonds is 0. The Morgan fingerprint density at radius 2 is 1.91 bits per heavy atom. The Morgan fingerprint density at radius 3 is 2.73 bits per heavy atom. The molecule has 0 aliphatic rings. The van der Waals surface area contributed by atoms with Gasteiger partial charge < -0.3 is 0 Å². The van der Waals surface area contributed by atoms with Crippen molar-refractivity contribution in [1.29, 1.82) is 0 Å². The highest BCUT2D eigenvalue weighted by Gasteiger charge is 1.94. The van der Waals surface area contributed by atoms with E-state index < -0.39 is 0 Å². The molecule has 2 aromatic rings. The van der Waals surface area contributed by atoms with Gasteiger partial charge in [0.05, 0.1) is 0 Å². The maximum Gasteiger partial charge on any atom is 0.113 e. The summed E-state index contributed by atoms with van der Waals surface area (Å²) in [7, 11) is 0. The summed E-state index contributed by atoms with van der Waals surface area (Å²) in [6.45, 7) is 2.04. The van der Waals surface area contributed by atoms with Gasteiger partial charge in [-0.1, -0.05) is 13.5 Å². The third kappa shape index (κ3) is 1.22. The van der Waals surface area contributed by atoms with E-state index in [0.717, 1.165) is 11.0 Å². The molecule has 1 aromatic heterocycles. The molecule has 0 bridgehead atoms. The maximum atomic E-state index is 3.94. The molecule has 0 spiro atoms. The van der Waals surface area contributed by atoms with Crippen LogP contribution < -0.4 is 0 Å². The van der Waals surface area contributed by atoms with Gasteiger partial charge in [-0.05, 0) is 24.6 Å². The lowest BCUT2D eigenvalue weighted by atomic mass is 10.2. The summed E-state index contributed by atoms with van der Waals surface area (Å²) in [6.07, 6.45) is 0. The summed E-state index contributed by atoms with van der Waals surface area (Å²) in [4.78, 5) is 0. The molecule has 2 rings (SSSR count). The van der Waals surface area contributed by atoms with Crippen LogP contribution in [0.15, 0.2) is 18.2 Å². The summed E-state index contributed by atoms with van der Waals surface area (Å²) in [5.41, 5.74) is 3.06. The molecule has 1 heterocycles. The van der Waals surface area contributed by atoms with Gasteiger partial charge in [0, 0.05) is 0 Å². The van der Waals surface area contributed by atoms with Crippen LogP contribution in [-0.2, 0) is 0 Å². The molecule has 0 fully saturated rings. The Hall–Kier alpha value is -1.38. The van der Waals surface area contributed by atoms with E-state index >= 15 is 0 Å². The first-order chi connectivity index (χ1) is 4.86. The monoisotopic (exact) mass is 149 g/mol. The van der Waals surface area contributed by atoms with Crippen molar-refractivity contribution in [2.24, 2.45) is 0 Å². The number of aromatic amines is 1. The number of nitrogens with one attached hydrogen (secondary N) is 1. The van der Waals surface area contributed by atoms with Gasteiger partial charge in [-0.15, -0.1) is 0 Å². The molecule has 11 heavy (non-hydrogen) atoms. The Morgan fingerprint density at radius 1 is 1.18 bits per heavy atom. The smallest absolute Gasteiger partial charge is 0.113 e. The molecule has 0 atom stereocenters. The zero-order chi connectivity index (χ0) is 6.97. The van der Waals surface area contributed by atoms with Crippen molar-refractivity contribution in [2.45, 2.75) is 14.4 Å². The number of nitrogens with zero attached hydrogens (tertiary/aromatic N) is 2. The Labute approximate surface area is 65.4 Å². The van der Waals surface area contributed by atoms with E-state index in [1.807, 2.05) is 25.1 Å². The van der Waals surface area contributed by atoms with Crippen LogP contribution in [0.25, 0.3) is 11.0 Å². The van der Waals surface area contributed by atoms with Crippen LogP contribution in [0.4, 0.5) is 0 Å². The van der Waals surface area contributed by atoms with Gasteiger partial charge in [0.2, 0.25) is 0 Å². The highest BCUT2D eigenvalue weighted by molar-refractivity contribution is 5.73. The maximum absolute atomic E-state index is 3.94. The second-order valence-corrected chi connectivity index (χ2v) is 2.32. The minimum Gasteiger partial charge on any atom is -0.197 e. The normalized spacial score (nSPS) is 9.55. The van der Waals surface area contributed by atoms with Crippen molar-refractivity contribution in [3.05, 3.63) is 23.8 Å². The molecule has 58 valence electrons. The van der Waals surface area contributed by atoms with E-state index in [-0.39, 0.29) is 7.43 Å². The van der Waals surface area contributed by atoms with Gasteiger partial charge in [-0.3, -0.25) is 0 Å². The molecule has 3 nitrogen and oxygen atoms in total. The molecule has 1 aromatic carbocycles. The zero-order valence-corrected chi connectivity index (χ0v) is 5.63. The third-order valence-corrected chi connectivity index (χ3v) is 1.47. The highest BCUT2D eigenvalue weighted by Crippen LogP contribution is 2.08. The molecule has 0 unspecified atom stereocenters. The van der Waals surface area contributed by atoms with Crippen LogP contribution in [0.5, 0.6) is 0 Å². The van der Waals surface area contributed by atoms with Crippen LogP contribution in [0.2, 0.25) is 0 Å². The number of hydrogen-bond donors (Lipinski definition) is 1. The zero-order valence-electron chi connectivity index (χ0n) is 5.63. The molecule has 0 amide bonds. The molecular weight excluding hydrogens is 138 g/mol. The van der Waals surface area contributed by atoms with Crippen LogP contribution in [0.1, 0.15) is 13.0 Å². The fourth-order valence-electron chi connectivity index (χ4n) is 0.950. The van der Waals surface area contributed by atoms with Crippen LogP contribution >= 0.6 is 0 Å². The number of aryl methyl sites for hydroxylation is 1. The molecule has 0 saturated heterocycles. The largest absolute Gasteiger partial charge is 0.197 e. The van der Waals surface area contributed by atoms with Crippen LogP contribution in [0, 0.1) is 6.92 Å². The van der Waals surface area contributed by atoms with Gasteiger partial charge in [0.1, 0.15) is 11.0 Å². The molecule has 1 N–H and O–H groups in total. The van der Waals surface area contributed by atoms with Crippen molar-refractivity contribution in [1.82, 2.24) is 15.4 Å². The van der Waals surface area contributed by atoms with Gasteiger partial charge >= 0.3 is 0 Å². The number of hydrogen-bond acceptors (Lipinski definition) is 2. The first-order valence-corrected chi connectivity index (χ1v) is 3.13. The van der Waals surface area contributed by atoms with Crippen LogP contribution in [0.3, 0.4) is 0 Å². The summed E-state index contributed by atoms with van der Waals surface area (Å²) < 4.78 is 0. The van der Waals surface area contributed by atoms with Crippen molar-refractivity contribution in [3.8, 4) is 0 Å². The quantitative estimate of drug-likeness (QED) is 0.621. The fourth-order valence-corrected chi connectivity index (χ4v) is 0.950. The predicted molar refractivity (Wildman–Crippen MR) is 45.4 cm³/mol. The molecule has 0 radical (unpaired) electrons. The Bertz CT molecular complexity index is 351. The average Bonchev–Trinajstić information content (AvgIpc) is 2.33. The van der Waals surface area contributed by atoms with E-state index in [0.29, 0.717) is 0 Å². The van der Waals surface area contributed by atoms with Crippen LogP contribution in [-0.4, -0.2) is 15.4 Å². The lowest BCUT2D eigenvalue weighted by molar-refractivity contribution is 0.959. The SMILES string of the molecule is C.Cc1ccc2n[nH]nc2c1. The highest BCUT2D eigenvalue weighted by atomic mass is 15.3. The van der Waals surface area contributed by atoms with E-state index in [9.17, 15) is 0 Å². The van der Waals surface area contributed by atoms with Crippen molar-refractivity contribution >= 4 is 11.0 Å². The lowest BCUT2D eigenvalue weighted by Crippen LogP contribution is -1.71. The van der Waals surface area contributed by atoms with E-state index in [1.165, 1.54) is 5.56 Å².